The van der Waals surface area contributed by atoms with Crippen LogP contribution in [0.2, 0.25) is 0 Å². The van der Waals surface area contributed by atoms with Crippen LogP contribution in [-0.2, 0) is 5.41 Å². The minimum absolute atomic E-state index is 0.366. The molecule has 0 amide bonds. The summed E-state index contributed by atoms with van der Waals surface area (Å²) in [5, 5.41) is 4.74. The van der Waals surface area contributed by atoms with Crippen molar-refractivity contribution < 1.29 is 4.42 Å². The highest BCUT2D eigenvalue weighted by Gasteiger charge is 2.55. The fourth-order valence-corrected chi connectivity index (χ4v) is 14.3. The summed E-state index contributed by atoms with van der Waals surface area (Å²) in [6.07, 6.45) is 0. The van der Waals surface area contributed by atoms with E-state index in [4.69, 9.17) is 4.42 Å². The van der Waals surface area contributed by atoms with Crippen LogP contribution in [0.1, 0.15) is 35.1 Å². The first kappa shape index (κ1) is 38.7. The second-order valence-electron chi connectivity index (χ2n) is 19.9. The first-order valence-corrected chi connectivity index (χ1v) is 25.6. The second-order valence-corrected chi connectivity index (χ2v) is 21.1. The van der Waals surface area contributed by atoms with Crippen LogP contribution in [0.5, 0.6) is 0 Å². The zero-order valence-corrected chi connectivity index (χ0v) is 39.2. The highest BCUT2D eigenvalue weighted by Crippen LogP contribution is 2.66. The van der Waals surface area contributed by atoms with Crippen molar-refractivity contribution >= 4 is 74.8 Å². The van der Waals surface area contributed by atoms with Gasteiger partial charge >= 0.3 is 0 Å². The fraction of sp³-hybridized carbons (Fsp3) is 0.0758. The van der Waals surface area contributed by atoms with Gasteiger partial charge in [-0.1, -0.05) is 164 Å². The van der Waals surface area contributed by atoms with Gasteiger partial charge in [0.2, 0.25) is 0 Å². The van der Waals surface area contributed by atoms with Crippen molar-refractivity contribution in [3.8, 4) is 50.2 Å². The smallest absolute Gasteiger partial charge is 0.159 e. The highest BCUT2D eigenvalue weighted by atomic mass is 31.1. The summed E-state index contributed by atoms with van der Waals surface area (Å²) in [5.74, 6) is 3.78. The normalized spacial score (nSPS) is 19.3. The standard InChI is InChI=1S/C66H43N2OP/c1-66-54-23-11-8-19-47(54)52-34-45(37-60(63(52)66)68(59-36-42(28-30-55(59)66)62-53-38-70-65(53)62)57-25-14-22-51-50-21-10-13-26-61(50)69-64(51)57)41-27-29-49-48-20-9-12-24-56(48)67(58(49)35-41)46-32-43(39-15-4-2-5-16-39)31-44(33-46)40-17-6-3-7-18-40/h2-38,53,62,65H,1H3. The maximum atomic E-state index is 6.93. The molecule has 0 N–H and O–H groups in total. The van der Waals surface area contributed by atoms with Gasteiger partial charge in [0.05, 0.1) is 28.1 Å². The Hall–Kier alpha value is -8.23. The first-order chi connectivity index (χ1) is 34.6. The van der Waals surface area contributed by atoms with E-state index in [0.29, 0.717) is 11.8 Å². The number of fused-ring (bicyclic) bond motifs is 12. The molecule has 2 aromatic heterocycles. The summed E-state index contributed by atoms with van der Waals surface area (Å²) >= 11 is 0. The molecule has 0 spiro atoms. The summed E-state index contributed by atoms with van der Waals surface area (Å²) in [7, 11) is 1.49. The third-order valence-electron chi connectivity index (χ3n) is 16.3. The van der Waals surface area contributed by atoms with E-state index < -0.39 is 0 Å². The Bertz CT molecular complexity index is 4170. The molecule has 0 bridgehead atoms. The number of nitrogens with zero attached hydrogens (tertiary/aromatic N) is 2. The van der Waals surface area contributed by atoms with Gasteiger partial charge in [-0.3, -0.25) is 0 Å². The minimum atomic E-state index is -0.366. The molecule has 1 fully saturated rings. The summed E-state index contributed by atoms with van der Waals surface area (Å²) in [4.78, 5) is 2.57. The Morgan fingerprint density at radius 2 is 1.14 bits per heavy atom. The van der Waals surface area contributed by atoms with Crippen molar-refractivity contribution in [3.05, 3.63) is 241 Å². The highest BCUT2D eigenvalue weighted by molar-refractivity contribution is 7.43. The van der Waals surface area contributed by atoms with Gasteiger partial charge in [-0.25, -0.2) is 0 Å². The van der Waals surface area contributed by atoms with E-state index >= 15 is 0 Å². The Morgan fingerprint density at radius 1 is 0.457 bits per heavy atom. The van der Waals surface area contributed by atoms with Crippen LogP contribution in [0.15, 0.2) is 223 Å². The van der Waals surface area contributed by atoms with Crippen molar-refractivity contribution in [1.82, 2.24) is 4.57 Å². The monoisotopic (exact) mass is 910 g/mol. The van der Waals surface area contributed by atoms with Gasteiger partial charge in [-0.15, -0.1) is 8.20 Å². The van der Waals surface area contributed by atoms with Gasteiger partial charge in [0.1, 0.15) is 5.58 Å². The third-order valence-corrected chi connectivity index (χ3v) is 17.8. The molecule has 2 aliphatic heterocycles. The average molecular weight is 911 g/mol. The van der Waals surface area contributed by atoms with Gasteiger partial charge in [-0.2, -0.15) is 0 Å². The molecule has 12 aromatic rings. The molecule has 70 heavy (non-hydrogen) atoms. The van der Waals surface area contributed by atoms with Gasteiger partial charge in [-0.05, 0) is 140 Å². The molecule has 4 aliphatic rings. The molecule has 4 heterocycles. The number of hydrogen-bond donors (Lipinski definition) is 0. The van der Waals surface area contributed by atoms with Gasteiger partial charge in [0.15, 0.2) is 5.58 Å². The molecule has 2 aliphatic carbocycles. The Kier molecular flexibility index (Phi) is 7.84. The van der Waals surface area contributed by atoms with E-state index in [1.165, 1.54) is 108 Å². The lowest BCUT2D eigenvalue weighted by Gasteiger charge is -2.42. The van der Waals surface area contributed by atoms with Crippen LogP contribution < -0.4 is 4.90 Å². The van der Waals surface area contributed by atoms with Crippen molar-refractivity contribution in [3.63, 3.8) is 0 Å². The molecule has 0 radical (unpaired) electrons. The Labute approximate surface area is 407 Å². The van der Waals surface area contributed by atoms with Crippen molar-refractivity contribution in [1.29, 1.82) is 0 Å². The molecule has 16 rings (SSSR count). The number of furan rings is 1. The van der Waals surface area contributed by atoms with E-state index in [-0.39, 0.29) is 5.41 Å². The summed E-state index contributed by atoms with van der Waals surface area (Å²) < 4.78 is 9.42. The zero-order valence-electron chi connectivity index (χ0n) is 38.3. The summed E-state index contributed by atoms with van der Waals surface area (Å²) in [5.41, 5.74) is 24.4. The molecule has 3 nitrogen and oxygen atoms in total. The number of aromatic nitrogens is 1. The molecular formula is C66H43N2OP. The maximum Gasteiger partial charge on any atom is 0.159 e. The molecule has 1 saturated carbocycles. The molecule has 0 saturated heterocycles. The van der Waals surface area contributed by atoms with Gasteiger partial charge < -0.3 is 13.9 Å². The largest absolute Gasteiger partial charge is 0.454 e. The molecule has 4 heteroatoms. The van der Waals surface area contributed by atoms with Crippen molar-refractivity contribution in [2.24, 2.45) is 5.92 Å². The van der Waals surface area contributed by atoms with Gasteiger partial charge in [0.25, 0.3) is 0 Å². The molecule has 10 aromatic carbocycles. The summed E-state index contributed by atoms with van der Waals surface area (Å²) in [6, 6.07) is 81.5. The van der Waals surface area contributed by atoms with Crippen LogP contribution in [0.25, 0.3) is 93.9 Å². The predicted molar refractivity (Wildman–Crippen MR) is 293 cm³/mol. The van der Waals surface area contributed by atoms with E-state index in [1.807, 2.05) is 0 Å². The number of para-hydroxylation sites is 3. The SMILES string of the molecule is CC12c3ccccc3-c3cc(-c4ccc5c6ccccc6n(-c6cc(-c7ccccc7)cc(-c7ccccc7)c6)c5c4)cc(c31)N(c1cccc3c1oc1ccccc13)c1cc(C3C4C=PC43)ccc12. The maximum absolute atomic E-state index is 6.93. The predicted octanol–water partition coefficient (Wildman–Crippen LogP) is 17.6. The van der Waals surface area contributed by atoms with Crippen molar-refractivity contribution in [2.45, 2.75) is 23.9 Å². The Balaban J connectivity index is 0.962. The zero-order chi connectivity index (χ0) is 45.8. The molecule has 328 valence electrons. The minimum Gasteiger partial charge on any atom is -0.454 e. The molecule has 4 unspecified atom stereocenters. The number of anilines is 3. The van der Waals surface area contributed by atoms with Crippen LogP contribution in [0.4, 0.5) is 17.1 Å². The summed E-state index contributed by atoms with van der Waals surface area (Å²) in [6.45, 7) is 2.48. The van der Waals surface area contributed by atoms with E-state index in [2.05, 4.69) is 241 Å². The quantitative estimate of drug-likeness (QED) is 0.155. The third kappa shape index (κ3) is 5.28. The average Bonchev–Trinajstić information content (AvgIpc) is 3.69. The number of benzene rings is 10. The van der Waals surface area contributed by atoms with Crippen molar-refractivity contribution in [2.75, 3.05) is 4.90 Å². The topological polar surface area (TPSA) is 21.3 Å². The van der Waals surface area contributed by atoms with Crippen LogP contribution in [0.3, 0.4) is 0 Å². The van der Waals surface area contributed by atoms with E-state index in [9.17, 15) is 0 Å². The fourth-order valence-electron chi connectivity index (χ4n) is 12.9. The van der Waals surface area contributed by atoms with E-state index in [1.54, 1.807) is 0 Å². The van der Waals surface area contributed by atoms with Crippen LogP contribution >= 0.6 is 8.20 Å². The molecule has 4 atom stereocenters. The number of rotatable bonds is 6. The van der Waals surface area contributed by atoms with E-state index in [0.717, 1.165) is 39.0 Å². The lowest BCUT2D eigenvalue weighted by Crippen LogP contribution is -2.32. The number of hydrogen-bond acceptors (Lipinski definition) is 2. The second kappa shape index (κ2) is 14.2. The van der Waals surface area contributed by atoms with Crippen LogP contribution in [0, 0.1) is 5.92 Å². The lowest BCUT2D eigenvalue weighted by molar-refractivity contribution is 0.667. The van der Waals surface area contributed by atoms with Crippen LogP contribution in [-0.4, -0.2) is 16.0 Å². The Morgan fingerprint density at radius 3 is 1.93 bits per heavy atom. The molecular weight excluding hydrogens is 868 g/mol. The lowest BCUT2D eigenvalue weighted by atomic mass is 9.70. The van der Waals surface area contributed by atoms with Gasteiger partial charge in [0, 0.05) is 44.2 Å². The first-order valence-electron chi connectivity index (χ1n) is 24.5.